The molecule has 0 bridgehead atoms. The van der Waals surface area contributed by atoms with Gasteiger partial charge in [0.05, 0.1) is 12.0 Å². The van der Waals surface area contributed by atoms with Gasteiger partial charge in [-0.2, -0.15) is 0 Å². The first kappa shape index (κ1) is 10.5. The highest BCUT2D eigenvalue weighted by Gasteiger charge is 1.97. The number of hydrogen-bond donors (Lipinski definition) is 2. The normalized spacial score (nSPS) is 10.0. The van der Waals surface area contributed by atoms with Crippen molar-refractivity contribution in [2.24, 2.45) is 5.92 Å². The average Bonchev–Trinajstić information content (AvgIpc) is 2.52. The Bertz CT molecular complexity index is 389. The number of pyridine rings is 1. The number of imidazole rings is 1. The fraction of sp³-hybridized carbons (Fsp3) is 0.400. The van der Waals surface area contributed by atoms with E-state index in [4.69, 9.17) is 5.73 Å². The predicted octanol–water partition coefficient (Wildman–Crippen LogP) is 2.20. The summed E-state index contributed by atoms with van der Waals surface area (Å²) in [6.45, 7) is 6.50. The van der Waals surface area contributed by atoms with Gasteiger partial charge in [-0.1, -0.05) is 20.8 Å². The second-order valence-corrected chi connectivity index (χ2v) is 3.73. The maximum Gasteiger partial charge on any atom is 0.179 e. The molecule has 0 unspecified atom stereocenters. The van der Waals surface area contributed by atoms with Crippen molar-refractivity contribution >= 4 is 16.9 Å². The summed E-state index contributed by atoms with van der Waals surface area (Å²) in [6, 6.07) is 1.74. The molecule has 14 heavy (non-hydrogen) atoms. The number of nitrogens with zero attached hydrogens (tertiary/aromatic N) is 2. The molecule has 76 valence electrons. The van der Waals surface area contributed by atoms with Gasteiger partial charge in [0.15, 0.2) is 5.65 Å². The quantitative estimate of drug-likeness (QED) is 0.672. The topological polar surface area (TPSA) is 67.6 Å². The highest BCUT2D eigenvalue weighted by Crippen LogP contribution is 2.12. The molecule has 2 heterocycles. The summed E-state index contributed by atoms with van der Waals surface area (Å²) in [5, 5.41) is 0. The fourth-order valence-corrected chi connectivity index (χ4v) is 0.869. The Morgan fingerprint density at radius 1 is 1.29 bits per heavy atom. The zero-order valence-electron chi connectivity index (χ0n) is 8.78. The minimum atomic E-state index is 0.667. The maximum atomic E-state index is 5.59. The van der Waals surface area contributed by atoms with Crippen LogP contribution in [0.25, 0.3) is 11.2 Å². The molecule has 3 N–H and O–H groups in total. The molecule has 0 aliphatic carbocycles. The van der Waals surface area contributed by atoms with E-state index < -0.39 is 0 Å². The highest BCUT2D eigenvalue weighted by atomic mass is 15.0. The van der Waals surface area contributed by atoms with Crippen LogP contribution in [0.5, 0.6) is 0 Å². The summed E-state index contributed by atoms with van der Waals surface area (Å²) in [6.07, 6.45) is 3.21. The number of aromatic amines is 1. The molecule has 2 aromatic rings. The van der Waals surface area contributed by atoms with Crippen LogP contribution in [0.1, 0.15) is 20.8 Å². The third-order valence-electron chi connectivity index (χ3n) is 1.36. The molecular weight excluding hydrogens is 176 g/mol. The van der Waals surface area contributed by atoms with E-state index in [2.05, 4.69) is 35.7 Å². The summed E-state index contributed by atoms with van der Waals surface area (Å²) < 4.78 is 0. The van der Waals surface area contributed by atoms with E-state index in [1.54, 1.807) is 18.6 Å². The van der Waals surface area contributed by atoms with E-state index in [0.717, 1.165) is 11.4 Å². The summed E-state index contributed by atoms with van der Waals surface area (Å²) >= 11 is 0. The lowest BCUT2D eigenvalue weighted by atomic mass is 10.3. The smallest absolute Gasteiger partial charge is 0.179 e. The Balaban J connectivity index is 0.000000213. The van der Waals surface area contributed by atoms with Crippen LogP contribution in [0, 0.1) is 5.92 Å². The minimum Gasteiger partial charge on any atom is -0.397 e. The van der Waals surface area contributed by atoms with Crippen molar-refractivity contribution in [3.05, 3.63) is 18.6 Å². The van der Waals surface area contributed by atoms with Crippen LogP contribution in [0.15, 0.2) is 18.6 Å². The molecule has 0 aromatic carbocycles. The van der Waals surface area contributed by atoms with E-state index in [1.807, 2.05) is 0 Å². The highest BCUT2D eigenvalue weighted by molar-refractivity contribution is 5.82. The number of fused-ring (bicyclic) bond motifs is 1. The number of nitrogens with one attached hydrogen (secondary N) is 1. The van der Waals surface area contributed by atoms with Gasteiger partial charge < -0.3 is 10.7 Å². The molecular formula is C10H16N4. The number of nitrogen functional groups attached to an aromatic ring is 1. The zero-order valence-corrected chi connectivity index (χ0v) is 8.78. The van der Waals surface area contributed by atoms with Crippen LogP contribution in [-0.2, 0) is 0 Å². The Kier molecular flexibility index (Phi) is 3.45. The molecule has 0 saturated heterocycles. The van der Waals surface area contributed by atoms with Crippen LogP contribution in [0.2, 0.25) is 0 Å². The number of aromatic nitrogens is 3. The van der Waals surface area contributed by atoms with Gasteiger partial charge in [0.1, 0.15) is 5.52 Å². The van der Waals surface area contributed by atoms with Gasteiger partial charge in [-0.25, -0.2) is 9.97 Å². The Labute approximate surface area is 83.6 Å². The first-order chi connectivity index (χ1) is 6.61. The number of anilines is 1. The molecule has 0 aliphatic rings. The van der Waals surface area contributed by atoms with Crippen molar-refractivity contribution in [3.8, 4) is 0 Å². The number of H-pyrrole nitrogens is 1. The molecule has 2 aromatic heterocycles. The summed E-state index contributed by atoms with van der Waals surface area (Å²) in [5.41, 5.74) is 7.75. The first-order valence-electron chi connectivity index (χ1n) is 4.65. The molecule has 0 spiro atoms. The van der Waals surface area contributed by atoms with Crippen LogP contribution in [-0.4, -0.2) is 15.0 Å². The van der Waals surface area contributed by atoms with E-state index in [-0.39, 0.29) is 0 Å². The first-order valence-corrected chi connectivity index (χ1v) is 4.65. The number of rotatable bonds is 0. The van der Waals surface area contributed by atoms with Gasteiger partial charge in [0.25, 0.3) is 0 Å². The van der Waals surface area contributed by atoms with Crippen LogP contribution < -0.4 is 5.73 Å². The van der Waals surface area contributed by atoms with Gasteiger partial charge in [-0.3, -0.25) is 0 Å². The Morgan fingerprint density at radius 2 is 1.93 bits per heavy atom. The molecule has 4 nitrogen and oxygen atoms in total. The van der Waals surface area contributed by atoms with Crippen LogP contribution in [0.3, 0.4) is 0 Å². The standard InChI is InChI=1S/C6H6N4.C4H10/c7-4-1-2-8-6-5(4)9-3-10-6;1-4(2)3/h1-3H,(H3,7,8,9,10);4H,1-3H3. The van der Waals surface area contributed by atoms with Crippen molar-refractivity contribution in [2.75, 3.05) is 5.73 Å². The molecule has 0 fully saturated rings. The monoisotopic (exact) mass is 192 g/mol. The minimum absolute atomic E-state index is 0.667. The van der Waals surface area contributed by atoms with Gasteiger partial charge in [-0.05, 0) is 12.0 Å². The van der Waals surface area contributed by atoms with Gasteiger partial charge in [0.2, 0.25) is 0 Å². The van der Waals surface area contributed by atoms with Gasteiger partial charge in [-0.15, -0.1) is 0 Å². The van der Waals surface area contributed by atoms with Crippen molar-refractivity contribution in [1.29, 1.82) is 0 Å². The van der Waals surface area contributed by atoms with E-state index in [0.29, 0.717) is 11.3 Å². The molecule has 2 rings (SSSR count). The second kappa shape index (κ2) is 4.60. The molecule has 0 radical (unpaired) electrons. The molecule has 0 aliphatic heterocycles. The van der Waals surface area contributed by atoms with Gasteiger partial charge >= 0.3 is 0 Å². The van der Waals surface area contributed by atoms with Crippen LogP contribution >= 0.6 is 0 Å². The van der Waals surface area contributed by atoms with Crippen molar-refractivity contribution in [3.63, 3.8) is 0 Å². The molecule has 0 saturated carbocycles. The average molecular weight is 192 g/mol. The largest absolute Gasteiger partial charge is 0.397 e. The zero-order chi connectivity index (χ0) is 10.6. The molecule has 0 atom stereocenters. The van der Waals surface area contributed by atoms with E-state index in [9.17, 15) is 0 Å². The molecule has 4 heteroatoms. The second-order valence-electron chi connectivity index (χ2n) is 3.73. The number of nitrogens with two attached hydrogens (primary N) is 1. The lowest BCUT2D eigenvalue weighted by Gasteiger charge is -1.90. The van der Waals surface area contributed by atoms with E-state index >= 15 is 0 Å². The van der Waals surface area contributed by atoms with Gasteiger partial charge in [0, 0.05) is 6.20 Å². The van der Waals surface area contributed by atoms with Crippen molar-refractivity contribution < 1.29 is 0 Å². The lowest BCUT2D eigenvalue weighted by Crippen LogP contribution is -1.86. The Morgan fingerprint density at radius 3 is 2.50 bits per heavy atom. The third-order valence-corrected chi connectivity index (χ3v) is 1.36. The van der Waals surface area contributed by atoms with Crippen molar-refractivity contribution in [1.82, 2.24) is 15.0 Å². The fourth-order valence-electron chi connectivity index (χ4n) is 0.869. The van der Waals surface area contributed by atoms with Crippen LogP contribution in [0.4, 0.5) is 5.69 Å². The number of hydrogen-bond acceptors (Lipinski definition) is 3. The summed E-state index contributed by atoms with van der Waals surface area (Å²) in [4.78, 5) is 10.8. The summed E-state index contributed by atoms with van der Waals surface area (Å²) in [5.74, 6) is 0.833. The summed E-state index contributed by atoms with van der Waals surface area (Å²) in [7, 11) is 0. The lowest BCUT2D eigenvalue weighted by molar-refractivity contribution is 0.737. The Hall–Kier alpha value is -1.58. The molecule has 0 amide bonds. The SMILES string of the molecule is CC(C)C.Nc1ccnc2nc[nH]c12. The maximum absolute atomic E-state index is 5.59. The third kappa shape index (κ3) is 2.73. The predicted molar refractivity (Wildman–Crippen MR) is 58.8 cm³/mol. The van der Waals surface area contributed by atoms with Crippen molar-refractivity contribution in [2.45, 2.75) is 20.8 Å². The van der Waals surface area contributed by atoms with E-state index in [1.165, 1.54) is 0 Å².